The van der Waals surface area contributed by atoms with Crippen molar-refractivity contribution in [1.82, 2.24) is 0 Å². The first-order valence-corrected chi connectivity index (χ1v) is 5.90. The van der Waals surface area contributed by atoms with E-state index < -0.39 is 11.7 Å². The van der Waals surface area contributed by atoms with E-state index in [0.29, 0.717) is 16.8 Å². The largest absolute Gasteiger partial charge is 0.417 e. The fourth-order valence-corrected chi connectivity index (χ4v) is 2.00. The smallest absolute Gasteiger partial charge is 0.399 e. The number of alkyl halides is 3. The number of rotatable bonds is 1. The monoisotopic (exact) mass is 285 g/mol. The van der Waals surface area contributed by atoms with Crippen LogP contribution in [0, 0.1) is 6.92 Å². The first-order valence-electron chi connectivity index (χ1n) is 5.52. The first kappa shape index (κ1) is 13.7. The van der Waals surface area contributed by atoms with Crippen LogP contribution < -0.4 is 5.73 Å². The van der Waals surface area contributed by atoms with Crippen LogP contribution in [0.25, 0.3) is 11.1 Å². The van der Waals surface area contributed by atoms with Crippen molar-refractivity contribution in [3.05, 3.63) is 52.5 Å². The molecule has 0 radical (unpaired) electrons. The third-order valence-corrected chi connectivity index (χ3v) is 3.20. The van der Waals surface area contributed by atoms with E-state index in [0.717, 1.165) is 11.6 Å². The number of benzene rings is 2. The molecule has 0 bridgehead atoms. The molecule has 5 heteroatoms. The summed E-state index contributed by atoms with van der Waals surface area (Å²) in [4.78, 5) is 0. The Morgan fingerprint density at radius 3 is 2.16 bits per heavy atom. The summed E-state index contributed by atoms with van der Waals surface area (Å²) in [6, 6.07) is 8.97. The molecule has 2 rings (SSSR count). The van der Waals surface area contributed by atoms with Crippen molar-refractivity contribution in [1.29, 1.82) is 0 Å². The molecule has 2 aromatic rings. The van der Waals surface area contributed by atoms with Crippen molar-refractivity contribution in [2.45, 2.75) is 13.1 Å². The van der Waals surface area contributed by atoms with Gasteiger partial charge in [0.15, 0.2) is 0 Å². The zero-order chi connectivity index (χ0) is 14.2. The molecule has 0 heterocycles. The second-order valence-corrected chi connectivity index (χ2v) is 4.67. The molecule has 2 N–H and O–H groups in total. The Hall–Kier alpha value is -1.68. The summed E-state index contributed by atoms with van der Waals surface area (Å²) in [6.07, 6.45) is -4.46. The molecule has 0 aromatic heterocycles. The fraction of sp³-hybridized carbons (Fsp3) is 0.143. The molecular weight excluding hydrogens is 275 g/mol. The topological polar surface area (TPSA) is 26.0 Å². The van der Waals surface area contributed by atoms with Gasteiger partial charge in [0.05, 0.1) is 10.6 Å². The highest BCUT2D eigenvalue weighted by molar-refractivity contribution is 6.31. The number of nitrogen functional groups attached to an aromatic ring is 1. The van der Waals surface area contributed by atoms with Crippen LogP contribution in [0.2, 0.25) is 5.02 Å². The summed E-state index contributed by atoms with van der Waals surface area (Å²) in [6.45, 7) is 1.80. The van der Waals surface area contributed by atoms with E-state index in [-0.39, 0.29) is 5.02 Å². The number of hydrogen-bond donors (Lipinski definition) is 1. The van der Waals surface area contributed by atoms with Crippen LogP contribution in [0.5, 0.6) is 0 Å². The fourth-order valence-electron chi connectivity index (χ4n) is 1.78. The molecule has 0 aliphatic rings. The van der Waals surface area contributed by atoms with Gasteiger partial charge in [-0.05, 0) is 47.9 Å². The van der Waals surface area contributed by atoms with E-state index in [9.17, 15) is 13.2 Å². The van der Waals surface area contributed by atoms with Crippen LogP contribution in [0.1, 0.15) is 11.1 Å². The van der Waals surface area contributed by atoms with Crippen LogP contribution >= 0.6 is 11.6 Å². The van der Waals surface area contributed by atoms with Crippen LogP contribution in [-0.4, -0.2) is 0 Å². The van der Waals surface area contributed by atoms with Gasteiger partial charge in [-0.25, -0.2) is 0 Å². The summed E-state index contributed by atoms with van der Waals surface area (Å²) in [5, 5.41) is -0.302. The zero-order valence-electron chi connectivity index (χ0n) is 10.1. The highest BCUT2D eigenvalue weighted by Crippen LogP contribution is 2.37. The lowest BCUT2D eigenvalue weighted by Crippen LogP contribution is -2.05. The normalized spacial score (nSPS) is 11.6. The van der Waals surface area contributed by atoms with Crippen LogP contribution in [-0.2, 0) is 6.18 Å². The molecular formula is C14H11ClF3N. The van der Waals surface area contributed by atoms with Crippen LogP contribution in [0.3, 0.4) is 0 Å². The molecule has 0 fully saturated rings. The second kappa shape index (κ2) is 4.78. The standard InChI is InChI=1S/C14H11ClF3N/c1-8-6-9(3-5-13(8)19)10-2-4-12(15)11(7-10)14(16,17)18/h2-7H,19H2,1H3. The van der Waals surface area contributed by atoms with Gasteiger partial charge in [-0.2, -0.15) is 13.2 Å². The minimum absolute atomic E-state index is 0.302. The Labute approximate surface area is 113 Å². The zero-order valence-corrected chi connectivity index (χ0v) is 10.8. The van der Waals surface area contributed by atoms with E-state index in [1.165, 1.54) is 6.07 Å². The van der Waals surface area contributed by atoms with E-state index in [4.69, 9.17) is 17.3 Å². The highest BCUT2D eigenvalue weighted by atomic mass is 35.5. The Morgan fingerprint density at radius 1 is 1.00 bits per heavy atom. The maximum absolute atomic E-state index is 12.8. The van der Waals surface area contributed by atoms with Crippen molar-refractivity contribution in [3.8, 4) is 11.1 Å². The lowest BCUT2D eigenvalue weighted by Gasteiger charge is -2.12. The van der Waals surface area contributed by atoms with Gasteiger partial charge < -0.3 is 5.73 Å². The predicted molar refractivity (Wildman–Crippen MR) is 71.0 cm³/mol. The Morgan fingerprint density at radius 2 is 1.58 bits per heavy atom. The summed E-state index contributed by atoms with van der Waals surface area (Å²) in [5.74, 6) is 0. The summed E-state index contributed by atoms with van der Waals surface area (Å²) in [5.41, 5.74) is 7.42. The quantitative estimate of drug-likeness (QED) is 0.740. The number of nitrogens with two attached hydrogens (primary N) is 1. The molecule has 0 spiro atoms. The van der Waals surface area contributed by atoms with Gasteiger partial charge in [0.1, 0.15) is 0 Å². The molecule has 19 heavy (non-hydrogen) atoms. The number of anilines is 1. The van der Waals surface area contributed by atoms with E-state index in [1.54, 1.807) is 31.2 Å². The van der Waals surface area contributed by atoms with E-state index >= 15 is 0 Å². The molecule has 0 amide bonds. The molecule has 100 valence electrons. The van der Waals surface area contributed by atoms with Gasteiger partial charge in [-0.1, -0.05) is 23.7 Å². The van der Waals surface area contributed by atoms with Crippen molar-refractivity contribution >= 4 is 17.3 Å². The average Bonchev–Trinajstić information content (AvgIpc) is 2.32. The van der Waals surface area contributed by atoms with Crippen LogP contribution in [0.4, 0.5) is 18.9 Å². The average molecular weight is 286 g/mol. The van der Waals surface area contributed by atoms with Crippen molar-refractivity contribution < 1.29 is 13.2 Å². The second-order valence-electron chi connectivity index (χ2n) is 4.26. The molecule has 2 aromatic carbocycles. The maximum Gasteiger partial charge on any atom is 0.417 e. The molecule has 0 aliphatic heterocycles. The minimum Gasteiger partial charge on any atom is -0.399 e. The number of hydrogen-bond acceptors (Lipinski definition) is 1. The Kier molecular flexibility index (Phi) is 3.45. The first-order chi connectivity index (χ1) is 8.79. The number of halogens is 4. The minimum atomic E-state index is -4.46. The lowest BCUT2D eigenvalue weighted by atomic mass is 10.0. The van der Waals surface area contributed by atoms with Crippen molar-refractivity contribution in [2.24, 2.45) is 0 Å². The van der Waals surface area contributed by atoms with Gasteiger partial charge in [0.25, 0.3) is 0 Å². The molecule has 0 saturated heterocycles. The van der Waals surface area contributed by atoms with E-state index in [1.807, 2.05) is 0 Å². The predicted octanol–water partition coefficient (Wildman–Crippen LogP) is 4.92. The molecule has 0 aliphatic carbocycles. The van der Waals surface area contributed by atoms with Crippen LogP contribution in [0.15, 0.2) is 36.4 Å². The lowest BCUT2D eigenvalue weighted by molar-refractivity contribution is -0.137. The van der Waals surface area contributed by atoms with E-state index in [2.05, 4.69) is 0 Å². The van der Waals surface area contributed by atoms with Gasteiger partial charge in [-0.3, -0.25) is 0 Å². The highest BCUT2D eigenvalue weighted by Gasteiger charge is 2.33. The van der Waals surface area contributed by atoms with Crippen molar-refractivity contribution in [2.75, 3.05) is 5.73 Å². The molecule has 0 saturated carbocycles. The van der Waals surface area contributed by atoms with Gasteiger partial charge >= 0.3 is 6.18 Å². The van der Waals surface area contributed by atoms with Gasteiger partial charge in [-0.15, -0.1) is 0 Å². The number of aryl methyl sites for hydroxylation is 1. The summed E-state index contributed by atoms with van der Waals surface area (Å²) < 4.78 is 38.4. The molecule has 0 atom stereocenters. The van der Waals surface area contributed by atoms with Gasteiger partial charge in [0, 0.05) is 5.69 Å². The summed E-state index contributed by atoms with van der Waals surface area (Å²) in [7, 11) is 0. The maximum atomic E-state index is 12.8. The summed E-state index contributed by atoms with van der Waals surface area (Å²) >= 11 is 5.58. The van der Waals surface area contributed by atoms with Gasteiger partial charge in [0.2, 0.25) is 0 Å². The Balaban J connectivity index is 2.54. The third-order valence-electron chi connectivity index (χ3n) is 2.87. The van der Waals surface area contributed by atoms with Crippen molar-refractivity contribution in [3.63, 3.8) is 0 Å². The molecule has 0 unspecified atom stereocenters. The SMILES string of the molecule is Cc1cc(-c2ccc(Cl)c(C(F)(F)F)c2)ccc1N. The third kappa shape index (κ3) is 2.84. The Bertz CT molecular complexity index is 621. The molecule has 1 nitrogen and oxygen atoms in total.